The first kappa shape index (κ1) is 29.1. The molecule has 0 radical (unpaired) electrons. The minimum Gasteiger partial charge on any atom is -0.481 e. The van der Waals surface area contributed by atoms with Crippen LogP contribution in [-0.4, -0.2) is 56.4 Å². The largest absolute Gasteiger partial charge is 0.481 e. The van der Waals surface area contributed by atoms with Gasteiger partial charge >= 0.3 is 23.9 Å². The van der Waals surface area contributed by atoms with Crippen molar-refractivity contribution >= 4 is 23.9 Å². The van der Waals surface area contributed by atoms with Crippen LogP contribution in [0, 0.1) is 0 Å². The molecule has 22 heavy (non-hydrogen) atoms. The minimum absolute atomic E-state index is 0. The Labute approximate surface area is 151 Å². The van der Waals surface area contributed by atoms with Crippen LogP contribution in [-0.2, 0) is 58.1 Å². The van der Waals surface area contributed by atoms with Gasteiger partial charge in [-0.25, -0.2) is 0 Å². The first-order valence-corrected chi connectivity index (χ1v) is 5.48. The van der Waals surface area contributed by atoms with Gasteiger partial charge in [-0.2, -0.15) is 0 Å². The van der Waals surface area contributed by atoms with E-state index in [-0.39, 0.29) is 64.6 Å². The molecule has 0 fully saturated rings. The van der Waals surface area contributed by atoms with E-state index in [0.717, 1.165) is 0 Å². The molecule has 0 aliphatic carbocycles. The molecule has 0 aliphatic heterocycles. The van der Waals surface area contributed by atoms with E-state index in [2.05, 4.69) is 0 Å². The summed E-state index contributed by atoms with van der Waals surface area (Å²) in [4.78, 5) is 39.7. The molecule has 0 rings (SSSR count). The molecular formula is C10H18N2O8Zn2. The number of aliphatic carboxylic acids is 4. The summed E-state index contributed by atoms with van der Waals surface area (Å²) in [7, 11) is 0. The summed E-state index contributed by atoms with van der Waals surface area (Å²) in [5, 5.41) is 32.5. The third kappa shape index (κ3) is 21.3. The summed E-state index contributed by atoms with van der Waals surface area (Å²) in [5.74, 6) is -4.39. The molecule has 0 amide bonds. The predicted molar refractivity (Wildman–Crippen MR) is 65.0 cm³/mol. The van der Waals surface area contributed by atoms with Crippen LogP contribution in [0.15, 0.2) is 0 Å². The minimum atomic E-state index is -1.17. The van der Waals surface area contributed by atoms with Gasteiger partial charge < -0.3 is 31.9 Å². The van der Waals surface area contributed by atoms with Crippen LogP contribution in [0.4, 0.5) is 0 Å². The number of rotatable bonds is 8. The topological polar surface area (TPSA) is 201 Å². The van der Waals surface area contributed by atoms with Gasteiger partial charge in [0.2, 0.25) is 0 Å². The molecule has 0 saturated carbocycles. The van der Waals surface area contributed by atoms with Gasteiger partial charge in [-0.3, -0.25) is 19.2 Å². The van der Waals surface area contributed by atoms with Crippen molar-refractivity contribution < 1.29 is 78.6 Å². The molecule has 0 aliphatic rings. The van der Waals surface area contributed by atoms with Crippen LogP contribution < -0.4 is 11.5 Å². The molecule has 0 aromatic heterocycles. The van der Waals surface area contributed by atoms with Crippen LogP contribution in [0.3, 0.4) is 0 Å². The number of hydrogen-bond acceptors (Lipinski definition) is 6. The van der Waals surface area contributed by atoms with E-state index in [1.54, 1.807) is 0 Å². The summed E-state index contributed by atoms with van der Waals surface area (Å²) in [6, 6.07) is -2.12. The maximum absolute atomic E-state index is 9.99. The molecule has 10 nitrogen and oxygen atoms in total. The molecule has 2 atom stereocenters. The van der Waals surface area contributed by atoms with Gasteiger partial charge in [0.05, 0.1) is 0 Å². The van der Waals surface area contributed by atoms with Gasteiger partial charge in [0.25, 0.3) is 0 Å². The molecule has 0 aromatic carbocycles. The fourth-order valence-electron chi connectivity index (χ4n) is 0.805. The van der Waals surface area contributed by atoms with Gasteiger partial charge in [-0.1, -0.05) is 0 Å². The maximum atomic E-state index is 9.99. The standard InChI is InChI=1S/2C5H9NO4.2Zn/c2*6-3(5(9)10)1-2-4(7)8;;/h2*3H,1-2,6H2,(H,7,8)(H,9,10);;/t2*3-;;/m11../s1. The summed E-state index contributed by atoms with van der Waals surface area (Å²) in [5.41, 5.74) is 10.0. The third-order valence-electron chi connectivity index (χ3n) is 1.97. The Bertz CT molecular complexity index is 333. The molecule has 0 aromatic rings. The Morgan fingerprint density at radius 2 is 0.909 bits per heavy atom. The first-order valence-electron chi connectivity index (χ1n) is 5.48. The molecule has 0 saturated heterocycles. The van der Waals surface area contributed by atoms with Crippen LogP contribution in [0.2, 0.25) is 0 Å². The zero-order valence-corrected chi connectivity index (χ0v) is 17.9. The summed E-state index contributed by atoms with van der Waals surface area (Å²) >= 11 is 0. The Morgan fingerprint density at radius 1 is 0.682 bits per heavy atom. The molecule has 0 unspecified atom stereocenters. The quantitative estimate of drug-likeness (QED) is 0.249. The summed E-state index contributed by atoms with van der Waals surface area (Å²) < 4.78 is 0. The number of carboxylic acids is 4. The van der Waals surface area contributed by atoms with E-state index in [9.17, 15) is 19.2 Å². The number of hydrogen-bond donors (Lipinski definition) is 6. The molecule has 12 heteroatoms. The maximum Gasteiger partial charge on any atom is 0.320 e. The molecule has 0 bridgehead atoms. The van der Waals surface area contributed by atoms with E-state index < -0.39 is 36.0 Å². The van der Waals surface area contributed by atoms with Crippen LogP contribution in [0.5, 0.6) is 0 Å². The van der Waals surface area contributed by atoms with Crippen LogP contribution in [0.25, 0.3) is 0 Å². The zero-order valence-electron chi connectivity index (χ0n) is 12.0. The van der Waals surface area contributed by atoms with Crippen LogP contribution >= 0.6 is 0 Å². The van der Waals surface area contributed by atoms with E-state index in [1.165, 1.54) is 0 Å². The number of carbonyl (C=O) groups is 4. The average molecular weight is 425 g/mol. The second-order valence-corrected chi connectivity index (χ2v) is 3.75. The van der Waals surface area contributed by atoms with Gasteiger partial charge in [-0.15, -0.1) is 0 Å². The molecular weight excluding hydrogens is 407 g/mol. The monoisotopic (exact) mass is 422 g/mol. The van der Waals surface area contributed by atoms with E-state index in [1.807, 2.05) is 0 Å². The van der Waals surface area contributed by atoms with Gasteiger partial charge in [0.15, 0.2) is 0 Å². The van der Waals surface area contributed by atoms with Crippen molar-refractivity contribution in [1.29, 1.82) is 0 Å². The fraction of sp³-hybridized carbons (Fsp3) is 0.600. The normalized spacial score (nSPS) is 11.4. The molecule has 120 valence electrons. The Morgan fingerprint density at radius 3 is 1.05 bits per heavy atom. The zero-order chi connectivity index (χ0) is 16.3. The van der Waals surface area contributed by atoms with Crippen molar-refractivity contribution in [2.75, 3.05) is 0 Å². The average Bonchev–Trinajstić information content (AvgIpc) is 2.33. The SMILES string of the molecule is N[C@H](CCC(=O)O)C(=O)O.N[C@H](CCC(=O)O)C(=O)O.[Zn].[Zn]. The summed E-state index contributed by atoms with van der Waals surface area (Å²) in [6.45, 7) is 0. The second kappa shape index (κ2) is 16.4. The first-order chi connectivity index (χ1) is 9.07. The summed E-state index contributed by atoms with van der Waals surface area (Å²) in [6.07, 6.45) is -0.448. The smallest absolute Gasteiger partial charge is 0.320 e. The number of nitrogens with two attached hydrogens (primary N) is 2. The van der Waals surface area contributed by atoms with E-state index in [4.69, 9.17) is 31.9 Å². The van der Waals surface area contributed by atoms with Crippen molar-refractivity contribution in [3.05, 3.63) is 0 Å². The second-order valence-electron chi connectivity index (χ2n) is 3.75. The third-order valence-corrected chi connectivity index (χ3v) is 1.97. The van der Waals surface area contributed by atoms with Gasteiger partial charge in [-0.05, 0) is 12.8 Å². The van der Waals surface area contributed by atoms with E-state index in [0.29, 0.717) is 0 Å². The molecule has 0 heterocycles. The van der Waals surface area contributed by atoms with E-state index >= 15 is 0 Å². The van der Waals surface area contributed by atoms with Gasteiger partial charge in [0.1, 0.15) is 12.1 Å². The Balaban J connectivity index is -0.000000135. The van der Waals surface area contributed by atoms with Crippen molar-refractivity contribution in [3.8, 4) is 0 Å². The Hall–Kier alpha value is -0.953. The molecule has 0 spiro atoms. The van der Waals surface area contributed by atoms with Crippen molar-refractivity contribution in [1.82, 2.24) is 0 Å². The van der Waals surface area contributed by atoms with Crippen molar-refractivity contribution in [2.24, 2.45) is 11.5 Å². The van der Waals surface area contributed by atoms with Crippen molar-refractivity contribution in [2.45, 2.75) is 37.8 Å². The predicted octanol–water partition coefficient (Wildman–Crippen LogP) is -1.48. The van der Waals surface area contributed by atoms with Crippen LogP contribution in [0.1, 0.15) is 25.7 Å². The van der Waals surface area contributed by atoms with Gasteiger partial charge in [0, 0.05) is 51.8 Å². The van der Waals surface area contributed by atoms with Crippen molar-refractivity contribution in [3.63, 3.8) is 0 Å². The number of carboxylic acid groups (broad SMARTS) is 4. The molecule has 8 N–H and O–H groups in total. The Kier molecular flexibility index (Phi) is 21.7. The fourth-order valence-corrected chi connectivity index (χ4v) is 0.805.